The SMILES string of the molecule is CCc1c(C)nc2ccccc2c1NC(C)CCO. The number of nitrogens with zero attached hydrogens (tertiary/aromatic N) is 1. The number of hydrogen-bond acceptors (Lipinski definition) is 3. The van der Waals surface area contributed by atoms with Crippen molar-refractivity contribution in [2.75, 3.05) is 11.9 Å². The van der Waals surface area contributed by atoms with Crippen LogP contribution in [0.4, 0.5) is 5.69 Å². The predicted octanol–water partition coefficient (Wildman–Crippen LogP) is 3.29. The van der Waals surface area contributed by atoms with Crippen molar-refractivity contribution in [1.29, 1.82) is 0 Å². The largest absolute Gasteiger partial charge is 0.396 e. The highest BCUT2D eigenvalue weighted by Crippen LogP contribution is 2.29. The maximum absolute atomic E-state index is 9.06. The number of para-hydroxylation sites is 1. The lowest BCUT2D eigenvalue weighted by Gasteiger charge is -2.20. The Bertz CT molecular complexity index is 566. The normalized spacial score (nSPS) is 12.6. The van der Waals surface area contributed by atoms with Gasteiger partial charge in [-0.15, -0.1) is 0 Å². The van der Waals surface area contributed by atoms with Crippen LogP contribution in [-0.4, -0.2) is 22.7 Å². The number of aliphatic hydroxyl groups excluding tert-OH is 1. The van der Waals surface area contributed by atoms with Crippen molar-refractivity contribution < 1.29 is 5.11 Å². The Morgan fingerprint density at radius 1 is 1.32 bits per heavy atom. The molecule has 0 aliphatic carbocycles. The number of pyridine rings is 1. The average molecular weight is 258 g/mol. The summed E-state index contributed by atoms with van der Waals surface area (Å²) in [6, 6.07) is 8.46. The second-order valence-electron chi connectivity index (χ2n) is 4.98. The monoisotopic (exact) mass is 258 g/mol. The molecule has 19 heavy (non-hydrogen) atoms. The van der Waals surface area contributed by atoms with Crippen LogP contribution in [0.2, 0.25) is 0 Å². The van der Waals surface area contributed by atoms with Gasteiger partial charge in [-0.05, 0) is 38.3 Å². The summed E-state index contributed by atoms with van der Waals surface area (Å²) in [5.74, 6) is 0. The molecular formula is C16H22N2O. The third-order valence-electron chi connectivity index (χ3n) is 3.51. The zero-order valence-corrected chi connectivity index (χ0v) is 11.9. The van der Waals surface area contributed by atoms with E-state index in [0.29, 0.717) is 0 Å². The van der Waals surface area contributed by atoms with Gasteiger partial charge < -0.3 is 10.4 Å². The summed E-state index contributed by atoms with van der Waals surface area (Å²) >= 11 is 0. The molecule has 1 unspecified atom stereocenters. The highest BCUT2D eigenvalue weighted by molar-refractivity contribution is 5.93. The number of aryl methyl sites for hydroxylation is 1. The van der Waals surface area contributed by atoms with Gasteiger partial charge in [0.2, 0.25) is 0 Å². The first-order valence-electron chi connectivity index (χ1n) is 6.93. The first-order chi connectivity index (χ1) is 9.17. The lowest BCUT2D eigenvalue weighted by atomic mass is 10.0. The van der Waals surface area contributed by atoms with Crippen molar-refractivity contribution >= 4 is 16.6 Å². The molecule has 0 radical (unpaired) electrons. The van der Waals surface area contributed by atoms with E-state index in [-0.39, 0.29) is 12.6 Å². The van der Waals surface area contributed by atoms with Gasteiger partial charge in [0.15, 0.2) is 0 Å². The van der Waals surface area contributed by atoms with E-state index in [1.165, 1.54) is 11.3 Å². The van der Waals surface area contributed by atoms with Crippen LogP contribution in [0.15, 0.2) is 24.3 Å². The average Bonchev–Trinajstić information content (AvgIpc) is 2.39. The smallest absolute Gasteiger partial charge is 0.0726 e. The predicted molar refractivity (Wildman–Crippen MR) is 80.6 cm³/mol. The van der Waals surface area contributed by atoms with Crippen molar-refractivity contribution in [3.63, 3.8) is 0 Å². The minimum Gasteiger partial charge on any atom is -0.396 e. The standard InChI is InChI=1S/C16H22N2O/c1-4-13-12(3)18-15-8-6-5-7-14(15)16(13)17-11(2)9-10-19/h5-8,11,19H,4,9-10H2,1-3H3,(H,17,18). The van der Waals surface area contributed by atoms with E-state index in [1.54, 1.807) is 0 Å². The lowest BCUT2D eigenvalue weighted by Crippen LogP contribution is -2.18. The van der Waals surface area contributed by atoms with Gasteiger partial charge in [0.1, 0.15) is 0 Å². The topological polar surface area (TPSA) is 45.2 Å². The molecule has 0 saturated carbocycles. The molecule has 2 rings (SSSR count). The van der Waals surface area contributed by atoms with Crippen LogP contribution >= 0.6 is 0 Å². The molecule has 1 aromatic carbocycles. The highest BCUT2D eigenvalue weighted by atomic mass is 16.3. The van der Waals surface area contributed by atoms with E-state index in [9.17, 15) is 0 Å². The molecule has 0 bridgehead atoms. The molecule has 0 spiro atoms. The zero-order valence-electron chi connectivity index (χ0n) is 11.9. The third-order valence-corrected chi connectivity index (χ3v) is 3.51. The van der Waals surface area contributed by atoms with Crippen molar-refractivity contribution in [3.05, 3.63) is 35.5 Å². The number of fused-ring (bicyclic) bond motifs is 1. The molecule has 0 aliphatic rings. The van der Waals surface area contributed by atoms with Crippen LogP contribution in [0, 0.1) is 6.92 Å². The summed E-state index contributed by atoms with van der Waals surface area (Å²) in [6.07, 6.45) is 1.71. The number of benzene rings is 1. The third kappa shape index (κ3) is 2.87. The van der Waals surface area contributed by atoms with Crippen molar-refractivity contribution in [3.8, 4) is 0 Å². The van der Waals surface area contributed by atoms with Crippen LogP contribution in [0.3, 0.4) is 0 Å². The van der Waals surface area contributed by atoms with Crippen LogP contribution in [0.5, 0.6) is 0 Å². The molecule has 1 heterocycles. The molecule has 2 N–H and O–H groups in total. The Kier molecular flexibility index (Phi) is 4.38. The van der Waals surface area contributed by atoms with E-state index < -0.39 is 0 Å². The number of hydrogen-bond donors (Lipinski definition) is 2. The molecule has 0 saturated heterocycles. The quantitative estimate of drug-likeness (QED) is 0.865. The van der Waals surface area contributed by atoms with Crippen LogP contribution < -0.4 is 5.32 Å². The number of aliphatic hydroxyl groups is 1. The Hall–Kier alpha value is -1.61. The Morgan fingerprint density at radius 2 is 2.05 bits per heavy atom. The van der Waals surface area contributed by atoms with E-state index in [0.717, 1.165) is 29.4 Å². The van der Waals surface area contributed by atoms with Crippen LogP contribution in [-0.2, 0) is 6.42 Å². The fourth-order valence-corrected chi connectivity index (χ4v) is 2.48. The Balaban J connectivity index is 2.54. The highest BCUT2D eigenvalue weighted by Gasteiger charge is 2.12. The first-order valence-corrected chi connectivity index (χ1v) is 6.93. The number of aromatic nitrogens is 1. The molecule has 102 valence electrons. The van der Waals surface area contributed by atoms with Crippen molar-refractivity contribution in [2.45, 2.75) is 39.7 Å². The fraction of sp³-hybridized carbons (Fsp3) is 0.438. The van der Waals surface area contributed by atoms with Gasteiger partial charge in [0.25, 0.3) is 0 Å². The van der Waals surface area contributed by atoms with E-state index in [1.807, 2.05) is 18.2 Å². The van der Waals surface area contributed by atoms with Gasteiger partial charge in [-0.25, -0.2) is 0 Å². The molecule has 2 aromatic rings. The molecule has 1 aromatic heterocycles. The van der Waals surface area contributed by atoms with Crippen molar-refractivity contribution in [1.82, 2.24) is 4.98 Å². The van der Waals surface area contributed by atoms with E-state index >= 15 is 0 Å². The number of anilines is 1. The summed E-state index contributed by atoms with van der Waals surface area (Å²) in [5, 5.41) is 13.8. The minimum atomic E-state index is 0.206. The zero-order chi connectivity index (χ0) is 13.8. The molecule has 3 nitrogen and oxygen atoms in total. The Morgan fingerprint density at radius 3 is 2.74 bits per heavy atom. The summed E-state index contributed by atoms with van der Waals surface area (Å²) in [7, 11) is 0. The summed E-state index contributed by atoms with van der Waals surface area (Å²) in [5.41, 5.74) is 4.55. The van der Waals surface area contributed by atoms with Gasteiger partial charge in [-0.2, -0.15) is 0 Å². The van der Waals surface area contributed by atoms with Gasteiger partial charge in [-0.3, -0.25) is 4.98 Å². The lowest BCUT2D eigenvalue weighted by molar-refractivity contribution is 0.282. The van der Waals surface area contributed by atoms with Gasteiger partial charge in [0, 0.05) is 29.4 Å². The molecular weight excluding hydrogens is 236 g/mol. The minimum absolute atomic E-state index is 0.206. The maximum Gasteiger partial charge on any atom is 0.0726 e. The summed E-state index contributed by atoms with van der Waals surface area (Å²) in [6.45, 7) is 6.52. The number of rotatable bonds is 5. The Labute approximate surface area is 114 Å². The molecule has 3 heteroatoms. The van der Waals surface area contributed by atoms with Crippen LogP contribution in [0.1, 0.15) is 31.5 Å². The second kappa shape index (κ2) is 6.02. The van der Waals surface area contributed by atoms with E-state index in [4.69, 9.17) is 5.11 Å². The first kappa shape index (κ1) is 13.8. The van der Waals surface area contributed by atoms with Crippen LogP contribution in [0.25, 0.3) is 10.9 Å². The summed E-state index contributed by atoms with van der Waals surface area (Å²) < 4.78 is 0. The van der Waals surface area contributed by atoms with E-state index in [2.05, 4.69) is 37.1 Å². The van der Waals surface area contributed by atoms with Gasteiger partial charge in [-0.1, -0.05) is 25.1 Å². The molecule has 0 amide bonds. The van der Waals surface area contributed by atoms with Crippen molar-refractivity contribution in [2.24, 2.45) is 0 Å². The fourth-order valence-electron chi connectivity index (χ4n) is 2.48. The molecule has 1 atom stereocenters. The van der Waals surface area contributed by atoms with Gasteiger partial charge in [0.05, 0.1) is 5.52 Å². The molecule has 0 fully saturated rings. The molecule has 0 aliphatic heterocycles. The number of nitrogens with one attached hydrogen (secondary N) is 1. The maximum atomic E-state index is 9.06. The summed E-state index contributed by atoms with van der Waals surface area (Å²) in [4.78, 5) is 4.67. The van der Waals surface area contributed by atoms with Gasteiger partial charge >= 0.3 is 0 Å². The second-order valence-corrected chi connectivity index (χ2v) is 4.98.